The second-order valence-electron chi connectivity index (χ2n) is 3.49. The number of hydrogen-bond acceptors (Lipinski definition) is 1. The minimum absolute atomic E-state index is 0.334. The lowest BCUT2D eigenvalue weighted by Crippen LogP contribution is -1.98. The molecule has 0 atom stereocenters. The van der Waals surface area contributed by atoms with Crippen molar-refractivity contribution >= 4 is 11.6 Å². The van der Waals surface area contributed by atoms with E-state index in [1.54, 1.807) is 6.07 Å². The van der Waals surface area contributed by atoms with Crippen LogP contribution in [0.2, 0.25) is 5.02 Å². The number of rotatable bonds is 2. The molecule has 1 nitrogen and oxygen atoms in total. The van der Waals surface area contributed by atoms with Gasteiger partial charge in [0.2, 0.25) is 0 Å². The van der Waals surface area contributed by atoms with Crippen LogP contribution < -0.4 is 5.73 Å². The highest BCUT2D eigenvalue weighted by Gasteiger charge is 2.07. The third kappa shape index (κ3) is 2.08. The summed E-state index contributed by atoms with van der Waals surface area (Å²) in [6.45, 7) is 0.434. The van der Waals surface area contributed by atoms with Gasteiger partial charge < -0.3 is 5.73 Å². The Morgan fingerprint density at radius 3 is 2.50 bits per heavy atom. The van der Waals surface area contributed by atoms with Gasteiger partial charge in [-0.1, -0.05) is 35.9 Å². The van der Waals surface area contributed by atoms with Gasteiger partial charge in [0.1, 0.15) is 5.82 Å². The number of halogens is 2. The largest absolute Gasteiger partial charge is 0.326 e. The van der Waals surface area contributed by atoms with Crippen LogP contribution >= 0.6 is 11.6 Å². The first-order valence-electron chi connectivity index (χ1n) is 4.96. The Labute approximate surface area is 98.7 Å². The molecule has 2 aromatic carbocycles. The molecular formula is C13H11ClFN. The maximum Gasteiger partial charge on any atom is 0.124 e. The van der Waals surface area contributed by atoms with Crippen LogP contribution in [0.25, 0.3) is 11.1 Å². The standard InChI is InChI=1S/C13H11ClFN/c14-13-7-10(15)5-6-12(13)11-4-2-1-3-9(11)8-16/h1-7H,8,16H2. The Morgan fingerprint density at radius 1 is 1.06 bits per heavy atom. The Kier molecular flexibility index (Phi) is 3.22. The molecule has 16 heavy (non-hydrogen) atoms. The van der Waals surface area contributed by atoms with E-state index in [1.165, 1.54) is 12.1 Å². The Bertz CT molecular complexity index is 511. The van der Waals surface area contributed by atoms with E-state index in [0.717, 1.165) is 16.7 Å². The minimum Gasteiger partial charge on any atom is -0.326 e. The van der Waals surface area contributed by atoms with Crippen molar-refractivity contribution in [1.29, 1.82) is 0 Å². The maximum absolute atomic E-state index is 12.9. The quantitative estimate of drug-likeness (QED) is 0.846. The van der Waals surface area contributed by atoms with Crippen molar-refractivity contribution in [3.8, 4) is 11.1 Å². The smallest absolute Gasteiger partial charge is 0.124 e. The molecule has 0 radical (unpaired) electrons. The fourth-order valence-corrected chi connectivity index (χ4v) is 1.94. The van der Waals surface area contributed by atoms with Gasteiger partial charge in [-0.2, -0.15) is 0 Å². The topological polar surface area (TPSA) is 26.0 Å². The van der Waals surface area contributed by atoms with Crippen molar-refractivity contribution in [2.75, 3.05) is 0 Å². The monoisotopic (exact) mass is 235 g/mol. The van der Waals surface area contributed by atoms with E-state index < -0.39 is 0 Å². The molecule has 2 N–H and O–H groups in total. The second kappa shape index (κ2) is 4.64. The van der Waals surface area contributed by atoms with Crippen LogP contribution in [0.1, 0.15) is 5.56 Å². The van der Waals surface area contributed by atoms with Gasteiger partial charge in [-0.05, 0) is 29.3 Å². The van der Waals surface area contributed by atoms with Crippen LogP contribution in [0.15, 0.2) is 42.5 Å². The van der Waals surface area contributed by atoms with Gasteiger partial charge in [-0.25, -0.2) is 4.39 Å². The minimum atomic E-state index is -0.334. The average molecular weight is 236 g/mol. The van der Waals surface area contributed by atoms with E-state index >= 15 is 0 Å². The summed E-state index contributed by atoms with van der Waals surface area (Å²) in [4.78, 5) is 0. The molecule has 3 heteroatoms. The van der Waals surface area contributed by atoms with Crippen LogP contribution in [-0.2, 0) is 6.54 Å². The summed E-state index contributed by atoms with van der Waals surface area (Å²) in [6, 6.07) is 12.1. The predicted molar refractivity (Wildman–Crippen MR) is 64.7 cm³/mol. The lowest BCUT2D eigenvalue weighted by atomic mass is 10.00. The summed E-state index contributed by atoms with van der Waals surface area (Å²) in [6.07, 6.45) is 0. The van der Waals surface area contributed by atoms with E-state index in [-0.39, 0.29) is 5.82 Å². The highest BCUT2D eigenvalue weighted by Crippen LogP contribution is 2.30. The van der Waals surface area contributed by atoms with Gasteiger partial charge in [0, 0.05) is 12.1 Å². The lowest BCUT2D eigenvalue weighted by Gasteiger charge is -2.09. The zero-order valence-electron chi connectivity index (χ0n) is 8.58. The molecule has 0 unspecified atom stereocenters. The third-order valence-electron chi connectivity index (χ3n) is 2.46. The van der Waals surface area contributed by atoms with E-state index in [4.69, 9.17) is 17.3 Å². The summed E-state index contributed by atoms with van der Waals surface area (Å²) in [7, 11) is 0. The lowest BCUT2D eigenvalue weighted by molar-refractivity contribution is 0.628. The molecular weight excluding hydrogens is 225 g/mol. The summed E-state index contributed by atoms with van der Waals surface area (Å²) in [5.41, 5.74) is 8.41. The van der Waals surface area contributed by atoms with Crippen molar-refractivity contribution in [3.63, 3.8) is 0 Å². The van der Waals surface area contributed by atoms with E-state index in [0.29, 0.717) is 11.6 Å². The first-order valence-corrected chi connectivity index (χ1v) is 5.33. The van der Waals surface area contributed by atoms with Crippen LogP contribution in [0, 0.1) is 5.82 Å². The molecule has 0 aliphatic heterocycles. The van der Waals surface area contributed by atoms with Crippen molar-refractivity contribution in [3.05, 3.63) is 58.9 Å². The van der Waals surface area contributed by atoms with Gasteiger partial charge in [0.05, 0.1) is 5.02 Å². The molecule has 0 heterocycles. The van der Waals surface area contributed by atoms with Gasteiger partial charge >= 0.3 is 0 Å². The van der Waals surface area contributed by atoms with Crippen LogP contribution in [0.4, 0.5) is 4.39 Å². The van der Waals surface area contributed by atoms with Gasteiger partial charge in [-0.15, -0.1) is 0 Å². The molecule has 0 aromatic heterocycles. The highest BCUT2D eigenvalue weighted by atomic mass is 35.5. The van der Waals surface area contributed by atoms with Crippen molar-refractivity contribution in [2.24, 2.45) is 5.73 Å². The number of nitrogens with two attached hydrogens (primary N) is 1. The molecule has 0 amide bonds. The van der Waals surface area contributed by atoms with Gasteiger partial charge in [-0.3, -0.25) is 0 Å². The molecule has 0 bridgehead atoms. The van der Waals surface area contributed by atoms with Crippen LogP contribution in [-0.4, -0.2) is 0 Å². The molecule has 0 saturated carbocycles. The Hall–Kier alpha value is -1.38. The first-order chi connectivity index (χ1) is 7.72. The van der Waals surface area contributed by atoms with Gasteiger partial charge in [0.15, 0.2) is 0 Å². The average Bonchev–Trinajstić information content (AvgIpc) is 2.29. The van der Waals surface area contributed by atoms with Gasteiger partial charge in [0.25, 0.3) is 0 Å². The molecule has 0 aliphatic rings. The number of hydrogen-bond donors (Lipinski definition) is 1. The third-order valence-corrected chi connectivity index (χ3v) is 2.77. The number of benzene rings is 2. The summed E-state index contributed by atoms with van der Waals surface area (Å²) in [5.74, 6) is -0.334. The SMILES string of the molecule is NCc1ccccc1-c1ccc(F)cc1Cl. The highest BCUT2D eigenvalue weighted by molar-refractivity contribution is 6.33. The fourth-order valence-electron chi connectivity index (χ4n) is 1.67. The predicted octanol–water partition coefficient (Wildman–Crippen LogP) is 3.60. The normalized spacial score (nSPS) is 10.4. The van der Waals surface area contributed by atoms with E-state index in [1.807, 2.05) is 24.3 Å². The summed E-state index contributed by atoms with van der Waals surface area (Å²) >= 11 is 6.01. The molecule has 0 fully saturated rings. The maximum atomic E-state index is 12.9. The summed E-state index contributed by atoms with van der Waals surface area (Å²) in [5, 5.41) is 0.404. The molecule has 2 aromatic rings. The second-order valence-corrected chi connectivity index (χ2v) is 3.89. The zero-order valence-corrected chi connectivity index (χ0v) is 9.34. The summed E-state index contributed by atoms with van der Waals surface area (Å²) < 4.78 is 12.9. The molecule has 0 saturated heterocycles. The molecule has 0 spiro atoms. The van der Waals surface area contributed by atoms with Crippen LogP contribution in [0.5, 0.6) is 0 Å². The van der Waals surface area contributed by atoms with Crippen molar-refractivity contribution < 1.29 is 4.39 Å². The van der Waals surface area contributed by atoms with Crippen LogP contribution in [0.3, 0.4) is 0 Å². The Balaban J connectivity index is 2.58. The molecule has 82 valence electrons. The fraction of sp³-hybridized carbons (Fsp3) is 0.0769. The van der Waals surface area contributed by atoms with Crippen molar-refractivity contribution in [2.45, 2.75) is 6.54 Å². The van der Waals surface area contributed by atoms with E-state index in [9.17, 15) is 4.39 Å². The van der Waals surface area contributed by atoms with Crippen molar-refractivity contribution in [1.82, 2.24) is 0 Å². The van der Waals surface area contributed by atoms with E-state index in [2.05, 4.69) is 0 Å². The Morgan fingerprint density at radius 2 is 1.81 bits per heavy atom. The molecule has 0 aliphatic carbocycles. The zero-order chi connectivity index (χ0) is 11.5. The molecule has 2 rings (SSSR count). The first kappa shape index (κ1) is 11.1.